The Bertz CT molecular complexity index is 569. The van der Waals surface area contributed by atoms with E-state index in [9.17, 15) is 23.2 Å². The maximum atomic E-state index is 13.2. The number of nitrogens with one attached hydrogen (secondary N) is 1. The van der Waals surface area contributed by atoms with E-state index in [1.165, 1.54) is 0 Å². The predicted octanol–water partition coefficient (Wildman–Crippen LogP) is 1.96. The molecule has 1 N–H and O–H groups in total. The van der Waals surface area contributed by atoms with Crippen molar-refractivity contribution in [3.05, 3.63) is 29.8 Å². The Morgan fingerprint density at radius 3 is 2.30 bits per heavy atom. The lowest BCUT2D eigenvalue weighted by atomic mass is 9.99. The molecule has 1 saturated heterocycles. The number of anilines is 1. The molecule has 0 radical (unpaired) electrons. The van der Waals surface area contributed by atoms with Crippen LogP contribution in [0.1, 0.15) is 19.8 Å². The van der Waals surface area contributed by atoms with E-state index in [-0.39, 0.29) is 12.1 Å². The number of hydrogen-bond acceptors (Lipinski definition) is 3. The Balaban J connectivity index is 2.40. The fourth-order valence-corrected chi connectivity index (χ4v) is 2.07. The van der Waals surface area contributed by atoms with Gasteiger partial charge < -0.3 is 0 Å². The van der Waals surface area contributed by atoms with Crippen molar-refractivity contribution in [3.8, 4) is 0 Å². The molecule has 1 aliphatic rings. The van der Waals surface area contributed by atoms with Crippen LogP contribution in [0.4, 0.5) is 19.3 Å². The largest absolute Gasteiger partial charge is 0.335 e. The molecule has 2 rings (SSSR count). The minimum atomic E-state index is -1.02. The summed E-state index contributed by atoms with van der Waals surface area (Å²) in [7, 11) is 0. The van der Waals surface area contributed by atoms with E-state index in [4.69, 9.17) is 0 Å². The first kappa shape index (κ1) is 14.1. The molecule has 0 spiro atoms. The highest BCUT2D eigenvalue weighted by atomic mass is 19.1. The van der Waals surface area contributed by atoms with Crippen LogP contribution < -0.4 is 10.2 Å². The predicted molar refractivity (Wildman–Crippen MR) is 65.8 cm³/mol. The summed E-state index contributed by atoms with van der Waals surface area (Å²) in [6.45, 7) is 1.78. The van der Waals surface area contributed by atoms with Crippen molar-refractivity contribution >= 4 is 23.5 Å². The van der Waals surface area contributed by atoms with Gasteiger partial charge in [-0.05, 0) is 18.6 Å². The van der Waals surface area contributed by atoms with Gasteiger partial charge in [0, 0.05) is 6.07 Å². The molecular weight excluding hydrogens is 270 g/mol. The van der Waals surface area contributed by atoms with E-state index >= 15 is 0 Å². The Hall–Kier alpha value is -2.31. The Morgan fingerprint density at radius 1 is 1.15 bits per heavy atom. The number of nitrogens with zero attached hydrogens (tertiary/aromatic N) is 1. The summed E-state index contributed by atoms with van der Waals surface area (Å²) in [4.78, 5) is 36.1. The number of carbonyl (C=O) groups excluding carboxylic acids is 3. The third kappa shape index (κ3) is 2.52. The minimum Gasteiger partial charge on any atom is -0.277 e. The molecule has 1 heterocycles. The quantitative estimate of drug-likeness (QED) is 0.862. The number of rotatable bonds is 3. The molecule has 1 fully saturated rings. The van der Waals surface area contributed by atoms with Gasteiger partial charge in [0.25, 0.3) is 0 Å². The molecule has 1 aliphatic heterocycles. The fourth-order valence-electron chi connectivity index (χ4n) is 2.07. The van der Waals surface area contributed by atoms with Crippen molar-refractivity contribution in [2.75, 3.05) is 4.90 Å². The van der Waals surface area contributed by atoms with Crippen molar-refractivity contribution in [1.82, 2.24) is 5.32 Å². The van der Waals surface area contributed by atoms with Crippen LogP contribution >= 0.6 is 0 Å². The molecule has 0 bridgehead atoms. The number of amides is 4. The van der Waals surface area contributed by atoms with Crippen molar-refractivity contribution in [2.24, 2.45) is 5.92 Å². The number of imide groups is 2. The number of halogens is 2. The van der Waals surface area contributed by atoms with Gasteiger partial charge in [-0.15, -0.1) is 0 Å². The van der Waals surface area contributed by atoms with Crippen molar-refractivity contribution in [2.45, 2.75) is 19.8 Å². The van der Waals surface area contributed by atoms with Gasteiger partial charge in [0.05, 0.1) is 5.69 Å². The van der Waals surface area contributed by atoms with Gasteiger partial charge in [0.2, 0.25) is 11.8 Å². The molecule has 1 unspecified atom stereocenters. The zero-order valence-corrected chi connectivity index (χ0v) is 10.7. The standard InChI is InChI=1S/C13H12F2N2O3/c1-2-3-10-11(18)16-13(20)17(12(10)19)9-5-7(14)4-8(15)6-9/h4-6,10H,2-3H2,1H3,(H,16,18,20). The minimum absolute atomic E-state index is 0.237. The molecular formula is C13H12F2N2O3. The summed E-state index contributed by atoms with van der Waals surface area (Å²) in [5, 5.41) is 2.01. The second-order valence-electron chi connectivity index (χ2n) is 4.44. The molecule has 0 aliphatic carbocycles. The lowest BCUT2D eigenvalue weighted by Gasteiger charge is -2.30. The molecule has 5 nitrogen and oxygen atoms in total. The highest BCUT2D eigenvalue weighted by Gasteiger charge is 2.40. The first-order chi connectivity index (χ1) is 9.43. The molecule has 0 saturated carbocycles. The van der Waals surface area contributed by atoms with Crippen molar-refractivity contribution in [1.29, 1.82) is 0 Å². The molecule has 4 amide bonds. The van der Waals surface area contributed by atoms with E-state index < -0.39 is 35.4 Å². The van der Waals surface area contributed by atoms with Gasteiger partial charge in [-0.25, -0.2) is 18.5 Å². The average molecular weight is 282 g/mol. The zero-order chi connectivity index (χ0) is 14.9. The summed E-state index contributed by atoms with van der Waals surface area (Å²) in [6, 6.07) is 1.35. The van der Waals surface area contributed by atoms with Crippen LogP contribution in [-0.4, -0.2) is 17.8 Å². The van der Waals surface area contributed by atoms with Crippen LogP contribution in [0.15, 0.2) is 18.2 Å². The van der Waals surface area contributed by atoms with E-state index in [2.05, 4.69) is 0 Å². The van der Waals surface area contributed by atoms with Gasteiger partial charge in [-0.1, -0.05) is 13.3 Å². The number of barbiturate groups is 1. The van der Waals surface area contributed by atoms with Gasteiger partial charge in [-0.2, -0.15) is 0 Å². The van der Waals surface area contributed by atoms with E-state index in [1.54, 1.807) is 6.92 Å². The van der Waals surface area contributed by atoms with Crippen LogP contribution in [0.3, 0.4) is 0 Å². The summed E-state index contributed by atoms with van der Waals surface area (Å²) >= 11 is 0. The maximum Gasteiger partial charge on any atom is 0.335 e. The Labute approximate surface area is 113 Å². The second-order valence-corrected chi connectivity index (χ2v) is 4.44. The number of carbonyl (C=O) groups is 3. The highest BCUT2D eigenvalue weighted by Crippen LogP contribution is 2.24. The number of urea groups is 1. The van der Waals surface area contributed by atoms with E-state index in [0.717, 1.165) is 12.1 Å². The van der Waals surface area contributed by atoms with Gasteiger partial charge >= 0.3 is 6.03 Å². The molecule has 1 aromatic rings. The average Bonchev–Trinajstić information content (AvgIpc) is 2.33. The lowest BCUT2D eigenvalue weighted by Crippen LogP contribution is -2.58. The van der Waals surface area contributed by atoms with E-state index in [0.29, 0.717) is 17.4 Å². The first-order valence-corrected chi connectivity index (χ1v) is 6.09. The SMILES string of the molecule is CCCC1C(=O)NC(=O)N(c2cc(F)cc(F)c2)C1=O. The van der Waals surface area contributed by atoms with Gasteiger partial charge in [-0.3, -0.25) is 14.9 Å². The summed E-state index contributed by atoms with van der Waals surface area (Å²) in [6.07, 6.45) is 0.815. The molecule has 0 aromatic heterocycles. The smallest absolute Gasteiger partial charge is 0.277 e. The first-order valence-electron chi connectivity index (χ1n) is 6.09. The molecule has 20 heavy (non-hydrogen) atoms. The van der Waals surface area contributed by atoms with Crippen LogP contribution in [0.5, 0.6) is 0 Å². The number of benzene rings is 1. The zero-order valence-electron chi connectivity index (χ0n) is 10.7. The molecule has 1 aromatic carbocycles. The maximum absolute atomic E-state index is 13.2. The van der Waals surface area contributed by atoms with Crippen LogP contribution in [0.2, 0.25) is 0 Å². The Morgan fingerprint density at radius 2 is 1.75 bits per heavy atom. The van der Waals surface area contributed by atoms with Crippen LogP contribution in [0, 0.1) is 17.6 Å². The van der Waals surface area contributed by atoms with E-state index in [1.807, 2.05) is 5.32 Å². The summed E-state index contributed by atoms with van der Waals surface area (Å²) in [5.41, 5.74) is -0.237. The third-order valence-electron chi connectivity index (χ3n) is 2.95. The monoisotopic (exact) mass is 282 g/mol. The van der Waals surface area contributed by atoms with Crippen molar-refractivity contribution < 1.29 is 23.2 Å². The lowest BCUT2D eigenvalue weighted by molar-refractivity contribution is -0.134. The topological polar surface area (TPSA) is 66.5 Å². The normalized spacial score (nSPS) is 19.2. The highest BCUT2D eigenvalue weighted by molar-refractivity contribution is 6.27. The molecule has 1 atom stereocenters. The second kappa shape index (κ2) is 5.36. The van der Waals surface area contributed by atoms with Crippen LogP contribution in [0.25, 0.3) is 0 Å². The summed E-state index contributed by atoms with van der Waals surface area (Å²) in [5.74, 6) is -4.31. The fraction of sp³-hybridized carbons (Fsp3) is 0.308. The molecule has 106 valence electrons. The summed E-state index contributed by atoms with van der Waals surface area (Å²) < 4.78 is 26.4. The third-order valence-corrected chi connectivity index (χ3v) is 2.95. The molecule has 7 heteroatoms. The van der Waals surface area contributed by atoms with Gasteiger partial charge in [0.15, 0.2) is 0 Å². The number of hydrogen-bond donors (Lipinski definition) is 1. The van der Waals surface area contributed by atoms with Crippen LogP contribution in [-0.2, 0) is 9.59 Å². The Kier molecular flexibility index (Phi) is 3.78. The van der Waals surface area contributed by atoms with Gasteiger partial charge in [0.1, 0.15) is 17.6 Å². The van der Waals surface area contributed by atoms with Crippen molar-refractivity contribution in [3.63, 3.8) is 0 Å².